The topological polar surface area (TPSA) is 76.7 Å². The zero-order valence-corrected chi connectivity index (χ0v) is 16.5. The van der Waals surface area contributed by atoms with Gasteiger partial charge in [-0.3, -0.25) is 9.59 Å². The first-order valence-corrected chi connectivity index (χ1v) is 8.87. The van der Waals surface area contributed by atoms with Crippen molar-refractivity contribution in [1.29, 1.82) is 0 Å². The molecule has 0 bridgehead atoms. The van der Waals surface area contributed by atoms with E-state index in [-0.39, 0.29) is 12.5 Å². The second-order valence-electron chi connectivity index (χ2n) is 8.04. The van der Waals surface area contributed by atoms with Gasteiger partial charge in [-0.05, 0) is 26.8 Å². The summed E-state index contributed by atoms with van der Waals surface area (Å²) in [4.78, 5) is 24.6. The Hall–Kier alpha value is -2.13. The minimum atomic E-state index is -1.38. The van der Waals surface area contributed by atoms with Crippen LogP contribution in [-0.2, 0) is 14.3 Å². The molecular weight excluding hydrogens is 377 g/mol. The minimum absolute atomic E-state index is 0.0348. The fourth-order valence-electron chi connectivity index (χ4n) is 2.72. The maximum absolute atomic E-state index is 13.7. The Morgan fingerprint density at radius 2 is 1.75 bits per heavy atom. The van der Waals surface area contributed by atoms with Crippen LogP contribution in [0.3, 0.4) is 0 Å². The Morgan fingerprint density at radius 1 is 1.14 bits per heavy atom. The van der Waals surface area contributed by atoms with Gasteiger partial charge in [-0.25, -0.2) is 13.2 Å². The summed E-state index contributed by atoms with van der Waals surface area (Å²) in [5, 5.41) is 5.11. The number of nitrogens with one attached hydrogen (secondary N) is 2. The molecule has 1 fully saturated rings. The van der Waals surface area contributed by atoms with Crippen LogP contribution in [0.1, 0.15) is 45.0 Å². The number of ether oxygens (including phenoxy) is 2. The average molecular weight is 402 g/mol. The molecule has 1 heterocycles. The summed E-state index contributed by atoms with van der Waals surface area (Å²) in [5.74, 6) is -6.07. The Labute approximate surface area is 161 Å². The number of carbonyl (C=O) groups is 2. The highest BCUT2D eigenvalue weighted by atomic mass is 19.2. The predicted octanol–water partition coefficient (Wildman–Crippen LogP) is 2.52. The van der Waals surface area contributed by atoms with Gasteiger partial charge in [0.15, 0.2) is 17.4 Å². The maximum atomic E-state index is 13.7. The van der Waals surface area contributed by atoms with Crippen molar-refractivity contribution in [2.24, 2.45) is 5.41 Å². The van der Waals surface area contributed by atoms with E-state index < -0.39 is 52.3 Å². The molecule has 0 radical (unpaired) electrons. The van der Waals surface area contributed by atoms with Crippen molar-refractivity contribution in [3.05, 3.63) is 35.1 Å². The van der Waals surface area contributed by atoms with Gasteiger partial charge in [-0.2, -0.15) is 0 Å². The lowest BCUT2D eigenvalue weighted by Gasteiger charge is -2.44. The third-order valence-electron chi connectivity index (χ3n) is 4.36. The van der Waals surface area contributed by atoms with Crippen LogP contribution in [0.25, 0.3) is 0 Å². The molecule has 0 aromatic heterocycles. The quantitative estimate of drug-likeness (QED) is 0.742. The van der Waals surface area contributed by atoms with E-state index in [4.69, 9.17) is 9.47 Å². The maximum Gasteiger partial charge on any atom is 0.254 e. The van der Waals surface area contributed by atoms with Crippen LogP contribution in [0.5, 0.6) is 0 Å². The first kappa shape index (κ1) is 22.2. The van der Waals surface area contributed by atoms with Gasteiger partial charge in [-0.15, -0.1) is 0 Å². The van der Waals surface area contributed by atoms with E-state index in [1.165, 1.54) is 0 Å². The van der Waals surface area contributed by atoms with E-state index in [1.807, 2.05) is 13.8 Å². The van der Waals surface area contributed by atoms with Crippen LogP contribution in [-0.4, -0.2) is 42.9 Å². The molecule has 1 aliphatic heterocycles. The highest BCUT2D eigenvalue weighted by Gasteiger charge is 2.45. The third-order valence-corrected chi connectivity index (χ3v) is 4.36. The summed E-state index contributed by atoms with van der Waals surface area (Å²) in [6, 6.07) is 0.203. The van der Waals surface area contributed by atoms with Crippen molar-refractivity contribution in [3.63, 3.8) is 0 Å². The zero-order chi connectivity index (χ0) is 21.3. The number of hydrogen-bond donors (Lipinski definition) is 2. The number of hydrogen-bond acceptors (Lipinski definition) is 4. The van der Waals surface area contributed by atoms with E-state index in [1.54, 1.807) is 20.8 Å². The van der Waals surface area contributed by atoms with Gasteiger partial charge in [0.1, 0.15) is 11.9 Å². The molecule has 28 heavy (non-hydrogen) atoms. The molecule has 1 aliphatic rings. The monoisotopic (exact) mass is 402 g/mol. The first-order chi connectivity index (χ1) is 12.8. The van der Waals surface area contributed by atoms with Crippen LogP contribution in [0.4, 0.5) is 13.2 Å². The molecular formula is C19H25F3N2O4. The van der Waals surface area contributed by atoms with Crippen molar-refractivity contribution >= 4 is 11.8 Å². The molecule has 0 aliphatic carbocycles. The van der Waals surface area contributed by atoms with Crippen LogP contribution >= 0.6 is 0 Å². The number of halogens is 3. The van der Waals surface area contributed by atoms with E-state index >= 15 is 0 Å². The second-order valence-corrected chi connectivity index (χ2v) is 8.04. The van der Waals surface area contributed by atoms with E-state index in [0.717, 1.165) is 0 Å². The summed E-state index contributed by atoms with van der Waals surface area (Å²) in [6.45, 7) is 9.04. The SMILES string of the molecule is C[C@H](CNC(=O)[C@@H]1OC(C)(C)OCC1(C)C)NC(=O)c1cc(F)c(F)cc1F. The van der Waals surface area contributed by atoms with Gasteiger partial charge in [0.2, 0.25) is 5.91 Å². The Balaban J connectivity index is 1.94. The standard InChI is InChI=1S/C19H25F3N2O4/c1-10(24-16(25)11-6-13(21)14(22)7-12(11)20)8-23-17(26)15-18(2,3)9-27-19(4,5)28-15/h6-7,10,15H,8-9H2,1-5H3,(H,23,26)(H,24,25)/t10-,15+/m1/s1. The Bertz CT molecular complexity index is 768. The molecule has 0 saturated carbocycles. The van der Waals surface area contributed by atoms with Gasteiger partial charge < -0.3 is 20.1 Å². The molecule has 9 heteroatoms. The number of benzene rings is 1. The van der Waals surface area contributed by atoms with Crippen molar-refractivity contribution in [3.8, 4) is 0 Å². The molecule has 2 N–H and O–H groups in total. The summed E-state index contributed by atoms with van der Waals surface area (Å²) in [5.41, 5.74) is -1.17. The van der Waals surface area contributed by atoms with Crippen LogP contribution < -0.4 is 10.6 Å². The van der Waals surface area contributed by atoms with Gasteiger partial charge in [0, 0.05) is 24.1 Å². The lowest BCUT2D eigenvalue weighted by atomic mass is 9.85. The molecule has 1 saturated heterocycles. The summed E-state index contributed by atoms with van der Waals surface area (Å²) in [7, 11) is 0. The van der Waals surface area contributed by atoms with Crippen molar-refractivity contribution < 1.29 is 32.2 Å². The fraction of sp³-hybridized carbons (Fsp3) is 0.579. The minimum Gasteiger partial charge on any atom is -0.352 e. The van der Waals surface area contributed by atoms with Crippen molar-refractivity contribution in [2.45, 2.75) is 52.6 Å². The van der Waals surface area contributed by atoms with Gasteiger partial charge in [-0.1, -0.05) is 13.8 Å². The fourth-order valence-corrected chi connectivity index (χ4v) is 2.72. The van der Waals surface area contributed by atoms with Gasteiger partial charge in [0.25, 0.3) is 5.91 Å². The molecule has 0 unspecified atom stereocenters. The lowest BCUT2D eigenvalue weighted by Crippen LogP contribution is -2.57. The Morgan fingerprint density at radius 3 is 2.39 bits per heavy atom. The van der Waals surface area contributed by atoms with Crippen molar-refractivity contribution in [1.82, 2.24) is 10.6 Å². The van der Waals surface area contributed by atoms with E-state index in [2.05, 4.69) is 10.6 Å². The normalized spacial score (nSPS) is 21.6. The summed E-state index contributed by atoms with van der Waals surface area (Å²) < 4.78 is 51.2. The van der Waals surface area contributed by atoms with Crippen LogP contribution in [0.15, 0.2) is 12.1 Å². The van der Waals surface area contributed by atoms with E-state index in [0.29, 0.717) is 18.7 Å². The molecule has 1 aromatic carbocycles. The number of rotatable bonds is 5. The predicted molar refractivity (Wildman–Crippen MR) is 94.9 cm³/mol. The molecule has 6 nitrogen and oxygen atoms in total. The summed E-state index contributed by atoms with van der Waals surface area (Å²) >= 11 is 0. The van der Waals surface area contributed by atoms with Crippen LogP contribution in [0.2, 0.25) is 0 Å². The summed E-state index contributed by atoms with van der Waals surface area (Å²) in [6.07, 6.45) is -0.761. The molecule has 2 amide bonds. The molecule has 156 valence electrons. The van der Waals surface area contributed by atoms with E-state index in [9.17, 15) is 22.8 Å². The number of amides is 2. The molecule has 2 rings (SSSR count). The second kappa shape index (κ2) is 8.08. The lowest BCUT2D eigenvalue weighted by molar-refractivity contribution is -0.304. The smallest absolute Gasteiger partial charge is 0.254 e. The molecule has 0 spiro atoms. The largest absolute Gasteiger partial charge is 0.352 e. The van der Waals surface area contributed by atoms with Crippen LogP contribution in [0, 0.1) is 22.9 Å². The number of carbonyl (C=O) groups excluding carboxylic acids is 2. The van der Waals surface area contributed by atoms with Gasteiger partial charge >= 0.3 is 0 Å². The zero-order valence-electron chi connectivity index (χ0n) is 16.5. The molecule has 2 atom stereocenters. The Kier molecular flexibility index (Phi) is 6.40. The van der Waals surface area contributed by atoms with Gasteiger partial charge in [0.05, 0.1) is 12.2 Å². The highest BCUT2D eigenvalue weighted by Crippen LogP contribution is 2.34. The highest BCUT2D eigenvalue weighted by molar-refractivity contribution is 5.94. The third kappa shape index (κ3) is 5.23. The first-order valence-electron chi connectivity index (χ1n) is 8.87. The average Bonchev–Trinajstić information content (AvgIpc) is 2.58. The van der Waals surface area contributed by atoms with Crippen molar-refractivity contribution in [2.75, 3.05) is 13.2 Å². The molecule has 1 aromatic rings.